The van der Waals surface area contributed by atoms with Crippen molar-refractivity contribution < 1.29 is 31.9 Å². The van der Waals surface area contributed by atoms with Gasteiger partial charge in [0.05, 0.1) is 7.11 Å². The Bertz CT molecular complexity index is 1030. The van der Waals surface area contributed by atoms with Gasteiger partial charge in [0.1, 0.15) is 10.6 Å². The Kier molecular flexibility index (Phi) is 7.72. The molecule has 2 amide bonds. The van der Waals surface area contributed by atoms with E-state index in [9.17, 15) is 22.4 Å². The highest BCUT2D eigenvalue weighted by Gasteiger charge is 2.22. The lowest BCUT2D eigenvalue weighted by Crippen LogP contribution is -2.44. The molecule has 0 atom stereocenters. The van der Waals surface area contributed by atoms with Crippen LogP contribution in [0.2, 0.25) is 0 Å². The molecular weight excluding hydrogens is 417 g/mol. The zero-order valence-electron chi connectivity index (χ0n) is 16.6. The van der Waals surface area contributed by atoms with Gasteiger partial charge in [-0.2, -0.15) is 0 Å². The first kappa shape index (κ1) is 23.1. The second-order valence-corrected chi connectivity index (χ2v) is 8.05. The molecule has 0 saturated carbocycles. The minimum Gasteiger partial charge on any atom is -0.495 e. The van der Waals surface area contributed by atoms with Crippen molar-refractivity contribution in [2.45, 2.75) is 24.8 Å². The quantitative estimate of drug-likeness (QED) is 0.534. The number of amides is 2. The molecule has 0 radical (unpaired) electrons. The van der Waals surface area contributed by atoms with E-state index in [1.807, 2.05) is 0 Å². The number of para-hydroxylation sites is 1. The molecule has 0 aromatic heterocycles. The van der Waals surface area contributed by atoms with Crippen LogP contribution in [0.1, 0.15) is 24.2 Å². The molecule has 9 nitrogen and oxygen atoms in total. The van der Waals surface area contributed by atoms with Crippen molar-refractivity contribution in [3.05, 3.63) is 53.8 Å². The molecule has 0 aliphatic heterocycles. The Morgan fingerprint density at radius 1 is 1.07 bits per heavy atom. The highest BCUT2D eigenvalue weighted by Crippen LogP contribution is 2.25. The van der Waals surface area contributed by atoms with Gasteiger partial charge >= 0.3 is 0 Å². The molecule has 11 heteroatoms. The van der Waals surface area contributed by atoms with Gasteiger partial charge in [-0.25, -0.2) is 17.5 Å². The number of methoxy groups -OCH3 is 1. The van der Waals surface area contributed by atoms with E-state index < -0.39 is 34.3 Å². The van der Waals surface area contributed by atoms with E-state index in [4.69, 9.17) is 9.47 Å². The first-order chi connectivity index (χ1) is 14.1. The molecule has 0 bridgehead atoms. The van der Waals surface area contributed by atoms with Crippen molar-refractivity contribution >= 4 is 21.8 Å². The Hall–Kier alpha value is -3.18. The number of rotatable bonds is 8. The van der Waals surface area contributed by atoms with Crippen molar-refractivity contribution in [1.82, 2.24) is 15.6 Å². The van der Waals surface area contributed by atoms with Crippen LogP contribution in [0.15, 0.2) is 47.4 Å². The van der Waals surface area contributed by atoms with Crippen molar-refractivity contribution in [3.63, 3.8) is 0 Å². The Morgan fingerprint density at radius 3 is 2.40 bits per heavy atom. The molecule has 162 valence electrons. The van der Waals surface area contributed by atoms with Crippen LogP contribution in [0, 0.1) is 5.82 Å². The first-order valence-electron chi connectivity index (χ1n) is 8.81. The van der Waals surface area contributed by atoms with Gasteiger partial charge in [0.25, 0.3) is 11.8 Å². The van der Waals surface area contributed by atoms with E-state index in [0.29, 0.717) is 0 Å². The van der Waals surface area contributed by atoms with E-state index >= 15 is 0 Å². The number of ether oxygens (including phenoxy) is 2. The highest BCUT2D eigenvalue weighted by atomic mass is 32.2. The molecule has 3 N–H and O–H groups in total. The van der Waals surface area contributed by atoms with Gasteiger partial charge in [0, 0.05) is 11.6 Å². The molecule has 0 fully saturated rings. The van der Waals surface area contributed by atoms with Gasteiger partial charge in [-0.1, -0.05) is 12.1 Å². The van der Waals surface area contributed by atoms with Gasteiger partial charge in [0.2, 0.25) is 10.0 Å². The van der Waals surface area contributed by atoms with Crippen molar-refractivity contribution in [1.29, 1.82) is 0 Å². The lowest BCUT2D eigenvalue weighted by Gasteiger charge is -2.14. The summed E-state index contributed by atoms with van der Waals surface area (Å²) in [6.45, 7) is 2.76. The lowest BCUT2D eigenvalue weighted by atomic mass is 10.2. The van der Waals surface area contributed by atoms with Gasteiger partial charge in [-0.3, -0.25) is 20.4 Å². The number of carbonyl (C=O) groups is 2. The van der Waals surface area contributed by atoms with Crippen molar-refractivity contribution in [2.75, 3.05) is 13.7 Å². The minimum atomic E-state index is -3.93. The van der Waals surface area contributed by atoms with E-state index in [-0.39, 0.29) is 28.0 Å². The average molecular weight is 439 g/mol. The number of hydrogen-bond acceptors (Lipinski definition) is 6. The Balaban J connectivity index is 2.03. The third-order valence-corrected chi connectivity index (χ3v) is 5.30. The summed E-state index contributed by atoms with van der Waals surface area (Å²) in [6, 6.07) is 8.97. The summed E-state index contributed by atoms with van der Waals surface area (Å²) in [5.41, 5.74) is 4.21. The van der Waals surface area contributed by atoms with Crippen LogP contribution in [0.3, 0.4) is 0 Å². The fraction of sp³-hybridized carbons (Fsp3) is 0.263. The van der Waals surface area contributed by atoms with Crippen LogP contribution < -0.4 is 25.0 Å². The molecule has 0 saturated heterocycles. The Morgan fingerprint density at radius 2 is 1.77 bits per heavy atom. The zero-order chi connectivity index (χ0) is 22.3. The summed E-state index contributed by atoms with van der Waals surface area (Å²) in [5.74, 6) is -2.19. The first-order valence-corrected chi connectivity index (χ1v) is 10.3. The summed E-state index contributed by atoms with van der Waals surface area (Å²) in [7, 11) is -2.63. The second kappa shape index (κ2) is 10.0. The molecular formula is C19H22FN3O6S. The largest absolute Gasteiger partial charge is 0.495 e. The number of hydrazine groups is 1. The normalized spacial score (nSPS) is 11.1. The van der Waals surface area contributed by atoms with Crippen molar-refractivity contribution in [3.8, 4) is 11.5 Å². The van der Waals surface area contributed by atoms with E-state index in [2.05, 4.69) is 15.6 Å². The van der Waals surface area contributed by atoms with Crippen LogP contribution >= 0.6 is 0 Å². The van der Waals surface area contributed by atoms with Gasteiger partial charge in [0.15, 0.2) is 18.2 Å². The molecule has 2 aromatic carbocycles. The summed E-state index contributed by atoms with van der Waals surface area (Å²) < 4.78 is 50.9. The summed E-state index contributed by atoms with van der Waals surface area (Å²) >= 11 is 0. The monoisotopic (exact) mass is 439 g/mol. The number of benzene rings is 2. The molecule has 0 spiro atoms. The molecule has 0 heterocycles. The topological polar surface area (TPSA) is 123 Å². The molecule has 30 heavy (non-hydrogen) atoms. The lowest BCUT2D eigenvalue weighted by molar-refractivity contribution is -0.123. The molecule has 0 aliphatic rings. The van der Waals surface area contributed by atoms with Crippen LogP contribution in [-0.4, -0.2) is 40.0 Å². The number of hydrogen-bond donors (Lipinski definition) is 3. The fourth-order valence-corrected chi connectivity index (χ4v) is 3.79. The smallest absolute Gasteiger partial charge is 0.276 e. The maximum atomic E-state index is 13.5. The summed E-state index contributed by atoms with van der Waals surface area (Å²) in [5, 5.41) is 0. The van der Waals surface area contributed by atoms with Crippen LogP contribution in [0.4, 0.5) is 4.39 Å². The number of halogens is 1. The van der Waals surface area contributed by atoms with E-state index in [0.717, 1.165) is 6.07 Å². The van der Waals surface area contributed by atoms with Crippen molar-refractivity contribution in [2.24, 2.45) is 0 Å². The molecule has 0 unspecified atom stereocenters. The summed E-state index contributed by atoms with van der Waals surface area (Å²) in [4.78, 5) is 23.9. The molecule has 2 aromatic rings. The van der Waals surface area contributed by atoms with Gasteiger partial charge < -0.3 is 9.47 Å². The SMILES string of the molecule is COc1ccc(C(=O)NNC(=O)COc2ccccc2F)cc1S(=O)(=O)NC(C)C. The Labute approximate surface area is 173 Å². The molecule has 0 aliphatic carbocycles. The third kappa shape index (κ3) is 6.16. The maximum absolute atomic E-state index is 13.5. The fourth-order valence-electron chi connectivity index (χ4n) is 2.34. The number of nitrogens with one attached hydrogen (secondary N) is 3. The summed E-state index contributed by atoms with van der Waals surface area (Å²) in [6.07, 6.45) is 0. The predicted octanol–water partition coefficient (Wildman–Crippen LogP) is 1.36. The van der Waals surface area contributed by atoms with Gasteiger partial charge in [-0.15, -0.1) is 0 Å². The van der Waals surface area contributed by atoms with Crippen LogP contribution in [-0.2, 0) is 14.8 Å². The van der Waals surface area contributed by atoms with E-state index in [1.165, 1.54) is 37.4 Å². The average Bonchev–Trinajstić information content (AvgIpc) is 2.70. The van der Waals surface area contributed by atoms with E-state index in [1.54, 1.807) is 19.9 Å². The standard InChI is InChI=1S/C19H22FN3O6S/c1-12(2)23-30(26,27)17-10-13(8-9-16(17)28-3)19(25)22-21-18(24)11-29-15-7-5-4-6-14(15)20/h4-10,12,23H,11H2,1-3H3,(H,21,24)(H,22,25). The predicted molar refractivity (Wildman–Crippen MR) is 106 cm³/mol. The second-order valence-electron chi connectivity index (χ2n) is 6.36. The van der Waals surface area contributed by atoms with Crippen LogP contribution in [0.25, 0.3) is 0 Å². The van der Waals surface area contributed by atoms with Gasteiger partial charge in [-0.05, 0) is 44.2 Å². The number of sulfonamides is 1. The molecule has 2 rings (SSSR count). The maximum Gasteiger partial charge on any atom is 0.276 e. The minimum absolute atomic E-state index is 0.0322. The highest BCUT2D eigenvalue weighted by molar-refractivity contribution is 7.89. The number of carbonyl (C=O) groups excluding carboxylic acids is 2. The van der Waals surface area contributed by atoms with Crippen LogP contribution in [0.5, 0.6) is 11.5 Å². The third-order valence-electron chi connectivity index (χ3n) is 3.62. The zero-order valence-corrected chi connectivity index (χ0v) is 17.4.